The Balaban J connectivity index is 2.16. The van der Waals surface area contributed by atoms with E-state index in [1.807, 2.05) is 0 Å². The molecular weight excluding hydrogens is 249 g/mol. The summed E-state index contributed by atoms with van der Waals surface area (Å²) in [6.45, 7) is 0. The average Bonchev–Trinajstić information content (AvgIpc) is 2.58. The number of nitrogens with zero attached hydrogens (tertiary/aromatic N) is 1. The largest absolute Gasteiger partial charge is 0.377 e. The summed E-state index contributed by atoms with van der Waals surface area (Å²) in [5.41, 5.74) is 6.73. The first-order chi connectivity index (χ1) is 9.16. The van der Waals surface area contributed by atoms with Gasteiger partial charge in [-0.05, 0) is 34.7 Å². The molecule has 2 aromatic carbocycles. The van der Waals surface area contributed by atoms with Gasteiger partial charge in [-0.15, -0.1) is 9.24 Å². The minimum absolute atomic E-state index is 1.01. The zero-order chi connectivity index (χ0) is 13.4. The maximum Gasteiger partial charge on any atom is 0.0440 e. The highest BCUT2D eigenvalue weighted by Gasteiger charge is 2.13. The molecule has 2 heteroatoms. The van der Waals surface area contributed by atoms with Crippen molar-refractivity contribution in [1.82, 2.24) is 0 Å². The highest BCUT2D eigenvalue weighted by Crippen LogP contribution is 2.27. The van der Waals surface area contributed by atoms with Gasteiger partial charge in [0, 0.05) is 25.1 Å². The Labute approximate surface area is 117 Å². The van der Waals surface area contributed by atoms with Crippen molar-refractivity contribution >= 4 is 32.4 Å². The first-order valence-electron chi connectivity index (χ1n) is 6.51. The van der Waals surface area contributed by atoms with Crippen LogP contribution in [0.3, 0.4) is 0 Å². The first kappa shape index (κ1) is 12.4. The summed E-state index contributed by atoms with van der Waals surface area (Å²) >= 11 is 0. The lowest BCUT2D eigenvalue weighted by Gasteiger charge is -2.19. The number of anilines is 1. The molecule has 0 saturated carbocycles. The second-order valence-electron chi connectivity index (χ2n) is 5.17. The van der Waals surface area contributed by atoms with Gasteiger partial charge in [0.05, 0.1) is 0 Å². The van der Waals surface area contributed by atoms with Gasteiger partial charge in [0.1, 0.15) is 0 Å². The van der Waals surface area contributed by atoms with Crippen LogP contribution in [0.25, 0.3) is 12.2 Å². The molecule has 0 amide bonds. The lowest BCUT2D eigenvalue weighted by molar-refractivity contribution is 1.13. The van der Waals surface area contributed by atoms with E-state index >= 15 is 0 Å². The van der Waals surface area contributed by atoms with Crippen molar-refractivity contribution in [2.75, 3.05) is 19.0 Å². The van der Waals surface area contributed by atoms with Crippen LogP contribution in [-0.2, 0) is 6.42 Å². The summed E-state index contributed by atoms with van der Waals surface area (Å²) < 4.78 is 0. The summed E-state index contributed by atoms with van der Waals surface area (Å²) in [6.07, 6.45) is 5.48. The highest BCUT2D eigenvalue weighted by atomic mass is 31.0. The fourth-order valence-electron chi connectivity index (χ4n) is 2.65. The van der Waals surface area contributed by atoms with Crippen LogP contribution in [-0.4, -0.2) is 14.1 Å². The number of fused-ring (bicyclic) bond motifs is 2. The molecule has 0 bridgehead atoms. The molecule has 0 aromatic heterocycles. The lowest BCUT2D eigenvalue weighted by atomic mass is 9.99. The van der Waals surface area contributed by atoms with Crippen LogP contribution >= 0.6 is 9.24 Å². The van der Waals surface area contributed by atoms with Crippen molar-refractivity contribution < 1.29 is 0 Å². The first-order valence-corrected chi connectivity index (χ1v) is 7.09. The van der Waals surface area contributed by atoms with E-state index in [-0.39, 0.29) is 0 Å². The van der Waals surface area contributed by atoms with E-state index < -0.39 is 0 Å². The average molecular weight is 267 g/mol. The van der Waals surface area contributed by atoms with Crippen LogP contribution in [0.2, 0.25) is 0 Å². The van der Waals surface area contributed by atoms with E-state index in [1.165, 1.54) is 33.2 Å². The Morgan fingerprint density at radius 3 is 2.53 bits per heavy atom. The third kappa shape index (κ3) is 2.19. The predicted molar refractivity (Wildman–Crippen MR) is 88.3 cm³/mol. The lowest BCUT2D eigenvalue weighted by Crippen LogP contribution is -2.17. The number of hydrogen-bond acceptors (Lipinski definition) is 1. The predicted octanol–water partition coefficient (Wildman–Crippen LogP) is 3.33. The van der Waals surface area contributed by atoms with Crippen molar-refractivity contribution in [3.05, 3.63) is 58.7 Å². The molecule has 0 fully saturated rings. The zero-order valence-electron chi connectivity index (χ0n) is 11.4. The molecule has 0 N–H and O–H groups in total. The van der Waals surface area contributed by atoms with Gasteiger partial charge in [0.25, 0.3) is 0 Å². The molecule has 1 atom stereocenters. The Morgan fingerprint density at radius 2 is 1.74 bits per heavy atom. The molecule has 2 aromatic rings. The molecule has 1 unspecified atom stereocenters. The van der Waals surface area contributed by atoms with E-state index in [0.717, 1.165) is 6.42 Å². The van der Waals surface area contributed by atoms with E-state index in [0.29, 0.717) is 0 Å². The zero-order valence-corrected chi connectivity index (χ0v) is 12.5. The Hall–Kier alpha value is -1.59. The van der Waals surface area contributed by atoms with Crippen LogP contribution in [0.4, 0.5) is 5.69 Å². The van der Waals surface area contributed by atoms with Gasteiger partial charge >= 0.3 is 0 Å². The van der Waals surface area contributed by atoms with E-state index in [9.17, 15) is 0 Å². The Kier molecular flexibility index (Phi) is 3.16. The molecule has 19 heavy (non-hydrogen) atoms. The molecule has 0 aliphatic heterocycles. The maximum absolute atomic E-state index is 2.90. The monoisotopic (exact) mass is 267 g/mol. The quantitative estimate of drug-likeness (QED) is 0.611. The third-order valence-electron chi connectivity index (χ3n) is 3.70. The van der Waals surface area contributed by atoms with E-state index in [1.54, 1.807) is 0 Å². The number of rotatable bonds is 1. The summed E-state index contributed by atoms with van der Waals surface area (Å²) in [4.78, 5) is 2.16. The second kappa shape index (κ2) is 4.83. The number of hydrogen-bond donors (Lipinski definition) is 0. The third-order valence-corrected chi connectivity index (χ3v) is 4.31. The molecule has 0 saturated heterocycles. The molecule has 1 aliphatic rings. The molecule has 3 rings (SSSR count). The smallest absolute Gasteiger partial charge is 0.0440 e. The Bertz CT molecular complexity index is 656. The molecule has 96 valence electrons. The van der Waals surface area contributed by atoms with Crippen molar-refractivity contribution in [3.8, 4) is 0 Å². The van der Waals surface area contributed by atoms with Gasteiger partial charge in [-0.2, -0.15) is 0 Å². The van der Waals surface area contributed by atoms with Gasteiger partial charge in [-0.3, -0.25) is 0 Å². The summed E-state index contributed by atoms with van der Waals surface area (Å²) in [5, 5.41) is 1.28. The normalized spacial score (nSPS) is 12.6. The molecular formula is C17H18NP. The fourth-order valence-corrected chi connectivity index (χ4v) is 3.28. The van der Waals surface area contributed by atoms with Crippen molar-refractivity contribution in [1.29, 1.82) is 0 Å². The van der Waals surface area contributed by atoms with Crippen LogP contribution < -0.4 is 10.2 Å². The van der Waals surface area contributed by atoms with Crippen molar-refractivity contribution in [3.63, 3.8) is 0 Å². The maximum atomic E-state index is 2.90. The van der Waals surface area contributed by atoms with Gasteiger partial charge in [0.2, 0.25) is 0 Å². The van der Waals surface area contributed by atoms with Crippen molar-refractivity contribution in [2.24, 2.45) is 0 Å². The fraction of sp³-hybridized carbons (Fsp3) is 0.176. The summed E-state index contributed by atoms with van der Waals surface area (Å²) in [7, 11) is 7.08. The van der Waals surface area contributed by atoms with Crippen LogP contribution in [0.1, 0.15) is 22.3 Å². The van der Waals surface area contributed by atoms with Crippen LogP contribution in [0.5, 0.6) is 0 Å². The molecule has 0 spiro atoms. The van der Waals surface area contributed by atoms with Gasteiger partial charge < -0.3 is 4.90 Å². The molecule has 1 aliphatic carbocycles. The van der Waals surface area contributed by atoms with Gasteiger partial charge in [-0.25, -0.2) is 0 Å². The molecule has 1 nitrogen and oxygen atoms in total. The van der Waals surface area contributed by atoms with Gasteiger partial charge in [-0.1, -0.05) is 42.5 Å². The minimum Gasteiger partial charge on any atom is -0.377 e. The van der Waals surface area contributed by atoms with Crippen LogP contribution in [0.15, 0.2) is 36.4 Å². The van der Waals surface area contributed by atoms with E-state index in [4.69, 9.17) is 0 Å². The Morgan fingerprint density at radius 1 is 0.947 bits per heavy atom. The standard InChI is InChI=1S/C17H18NP/c1-18(2)16-10-8-14-11-13-6-4-3-5-12(13)7-9-15(14)17(16)19/h3-10H,11,19H2,1-2H3. The number of benzene rings is 2. The van der Waals surface area contributed by atoms with Gasteiger partial charge in [0.15, 0.2) is 0 Å². The minimum atomic E-state index is 1.01. The highest BCUT2D eigenvalue weighted by molar-refractivity contribution is 7.28. The summed E-state index contributed by atoms with van der Waals surface area (Å²) in [5.74, 6) is 0. The molecule has 0 heterocycles. The van der Waals surface area contributed by atoms with Crippen LogP contribution in [0, 0.1) is 0 Å². The second-order valence-corrected chi connectivity index (χ2v) is 5.75. The van der Waals surface area contributed by atoms with Crippen molar-refractivity contribution in [2.45, 2.75) is 6.42 Å². The topological polar surface area (TPSA) is 3.24 Å². The van der Waals surface area contributed by atoms with E-state index in [2.05, 4.69) is 76.8 Å². The summed E-state index contributed by atoms with van der Waals surface area (Å²) in [6, 6.07) is 13.1. The molecule has 0 radical (unpaired) electrons. The SMILES string of the molecule is CN(C)c1ccc2c(c1P)C=Cc1ccccc1C2.